The summed E-state index contributed by atoms with van der Waals surface area (Å²) in [6.07, 6.45) is 0. The maximum atomic E-state index is 12.8. The third-order valence-corrected chi connectivity index (χ3v) is 8.53. The number of carbonyl (C=O) groups is 2. The van der Waals surface area contributed by atoms with Crippen molar-refractivity contribution in [3.8, 4) is 0 Å². The van der Waals surface area contributed by atoms with Gasteiger partial charge in [0.25, 0.3) is 21.8 Å². The van der Waals surface area contributed by atoms with E-state index in [0.717, 1.165) is 11.3 Å². The molecule has 1 saturated heterocycles. The molecule has 3 aromatic rings. The number of ether oxygens (including phenoxy) is 1. The number of thiophene rings is 1. The van der Waals surface area contributed by atoms with Crippen LogP contribution in [0.15, 0.2) is 70.9 Å². The molecule has 172 valence electrons. The molecule has 0 unspecified atom stereocenters. The van der Waals surface area contributed by atoms with E-state index in [4.69, 9.17) is 4.74 Å². The number of nitrogens with one attached hydrogen (secondary N) is 2. The molecule has 2 amide bonds. The van der Waals surface area contributed by atoms with Crippen molar-refractivity contribution in [2.45, 2.75) is 10.8 Å². The van der Waals surface area contributed by atoms with Gasteiger partial charge in [0.05, 0.1) is 31.0 Å². The van der Waals surface area contributed by atoms with Gasteiger partial charge in [0, 0.05) is 23.5 Å². The predicted octanol–water partition coefficient (Wildman–Crippen LogP) is 2.95. The van der Waals surface area contributed by atoms with Crippen LogP contribution in [0, 0.1) is 0 Å². The van der Waals surface area contributed by atoms with Crippen LogP contribution in [-0.4, -0.2) is 50.8 Å². The molecule has 0 radical (unpaired) electrons. The Labute approximate surface area is 196 Å². The molecule has 0 aliphatic carbocycles. The van der Waals surface area contributed by atoms with E-state index < -0.39 is 10.0 Å². The van der Waals surface area contributed by atoms with Crippen molar-refractivity contribution in [1.29, 1.82) is 0 Å². The molecule has 0 atom stereocenters. The van der Waals surface area contributed by atoms with Crippen molar-refractivity contribution in [2.75, 3.05) is 31.6 Å². The standard InChI is InChI=1S/C23H23N3O5S2/c27-22(17-6-2-1-3-7-17)25-20-9-5-4-8-19(20)23(28)24-16-18-10-11-21(32-18)33(29,30)26-12-14-31-15-13-26/h1-11H,12-16H2,(H,24,28)(H,25,27). The third-order valence-electron chi connectivity index (χ3n) is 5.08. The van der Waals surface area contributed by atoms with Gasteiger partial charge in [-0.1, -0.05) is 30.3 Å². The van der Waals surface area contributed by atoms with Crippen LogP contribution in [0.25, 0.3) is 0 Å². The maximum Gasteiger partial charge on any atom is 0.255 e. The van der Waals surface area contributed by atoms with Crippen molar-refractivity contribution in [3.63, 3.8) is 0 Å². The highest BCUT2D eigenvalue weighted by Crippen LogP contribution is 2.26. The molecule has 1 fully saturated rings. The predicted molar refractivity (Wildman–Crippen MR) is 126 cm³/mol. The largest absolute Gasteiger partial charge is 0.379 e. The monoisotopic (exact) mass is 485 g/mol. The summed E-state index contributed by atoms with van der Waals surface area (Å²) in [6.45, 7) is 1.60. The van der Waals surface area contributed by atoms with Gasteiger partial charge in [-0.3, -0.25) is 9.59 Å². The molecule has 8 nitrogen and oxygen atoms in total. The third kappa shape index (κ3) is 5.48. The first kappa shape index (κ1) is 23.1. The summed E-state index contributed by atoms with van der Waals surface area (Å²) in [5.74, 6) is -0.683. The van der Waals surface area contributed by atoms with Crippen molar-refractivity contribution < 1.29 is 22.7 Å². The Balaban J connectivity index is 1.41. The quantitative estimate of drug-likeness (QED) is 0.535. The van der Waals surface area contributed by atoms with Crippen LogP contribution in [0.2, 0.25) is 0 Å². The second-order valence-corrected chi connectivity index (χ2v) is 10.6. The number of hydrogen-bond acceptors (Lipinski definition) is 6. The number of hydrogen-bond donors (Lipinski definition) is 2. The average Bonchev–Trinajstić information content (AvgIpc) is 3.34. The fourth-order valence-electron chi connectivity index (χ4n) is 3.34. The Bertz CT molecular complexity index is 1240. The number of rotatable bonds is 7. The van der Waals surface area contributed by atoms with Gasteiger partial charge in [0.1, 0.15) is 4.21 Å². The van der Waals surface area contributed by atoms with E-state index in [-0.39, 0.29) is 22.6 Å². The lowest BCUT2D eigenvalue weighted by atomic mass is 10.1. The van der Waals surface area contributed by atoms with Crippen molar-refractivity contribution in [3.05, 3.63) is 82.7 Å². The molecule has 1 aromatic heterocycles. The number of anilines is 1. The molecule has 2 aromatic carbocycles. The van der Waals surface area contributed by atoms with E-state index >= 15 is 0 Å². The first-order valence-electron chi connectivity index (χ1n) is 10.4. The summed E-state index contributed by atoms with van der Waals surface area (Å²) in [5, 5.41) is 5.58. The van der Waals surface area contributed by atoms with Gasteiger partial charge < -0.3 is 15.4 Å². The van der Waals surface area contributed by atoms with Gasteiger partial charge in [-0.15, -0.1) is 11.3 Å². The molecule has 1 aliphatic heterocycles. The highest BCUT2D eigenvalue weighted by Gasteiger charge is 2.27. The molecule has 0 saturated carbocycles. The SMILES string of the molecule is O=C(Nc1ccccc1C(=O)NCc1ccc(S(=O)(=O)N2CCOCC2)s1)c1ccccc1. The Morgan fingerprint density at radius 1 is 0.909 bits per heavy atom. The second-order valence-electron chi connectivity index (χ2n) is 7.29. The average molecular weight is 486 g/mol. The summed E-state index contributed by atoms with van der Waals surface area (Å²) in [5.41, 5.74) is 1.20. The normalized spacial score (nSPS) is 14.5. The van der Waals surface area contributed by atoms with Gasteiger partial charge in [0.15, 0.2) is 0 Å². The topological polar surface area (TPSA) is 105 Å². The number of amides is 2. The zero-order chi connectivity index (χ0) is 23.3. The van der Waals surface area contributed by atoms with Gasteiger partial charge in [-0.05, 0) is 36.4 Å². The highest BCUT2D eigenvalue weighted by atomic mass is 32.2. The number of morpholine rings is 1. The van der Waals surface area contributed by atoms with Crippen LogP contribution in [0.4, 0.5) is 5.69 Å². The van der Waals surface area contributed by atoms with Crippen molar-refractivity contribution in [1.82, 2.24) is 9.62 Å². The zero-order valence-corrected chi connectivity index (χ0v) is 19.3. The smallest absolute Gasteiger partial charge is 0.255 e. The summed E-state index contributed by atoms with van der Waals surface area (Å²) >= 11 is 1.13. The lowest BCUT2D eigenvalue weighted by molar-refractivity contribution is 0.0731. The van der Waals surface area contributed by atoms with E-state index in [2.05, 4.69) is 10.6 Å². The van der Waals surface area contributed by atoms with E-state index in [9.17, 15) is 18.0 Å². The van der Waals surface area contributed by atoms with Crippen molar-refractivity contribution >= 4 is 38.9 Å². The molecule has 0 bridgehead atoms. The Morgan fingerprint density at radius 3 is 2.36 bits per heavy atom. The maximum absolute atomic E-state index is 12.8. The fourth-order valence-corrected chi connectivity index (χ4v) is 6.20. The number of benzene rings is 2. The number of nitrogens with zero attached hydrogens (tertiary/aromatic N) is 1. The molecule has 2 heterocycles. The van der Waals surface area contributed by atoms with E-state index in [1.807, 2.05) is 6.07 Å². The van der Waals surface area contributed by atoms with Gasteiger partial charge >= 0.3 is 0 Å². The van der Waals surface area contributed by atoms with Gasteiger partial charge in [0.2, 0.25) is 0 Å². The second kappa shape index (κ2) is 10.3. The highest BCUT2D eigenvalue weighted by molar-refractivity contribution is 7.91. The zero-order valence-electron chi connectivity index (χ0n) is 17.7. The minimum atomic E-state index is -3.57. The minimum Gasteiger partial charge on any atom is -0.379 e. The van der Waals surface area contributed by atoms with Crippen LogP contribution in [0.3, 0.4) is 0 Å². The molecule has 4 rings (SSSR count). The number of sulfonamides is 1. The van der Waals surface area contributed by atoms with Gasteiger partial charge in [-0.2, -0.15) is 4.31 Å². The molecular weight excluding hydrogens is 462 g/mol. The van der Waals surface area contributed by atoms with Gasteiger partial charge in [-0.25, -0.2) is 8.42 Å². The Morgan fingerprint density at radius 2 is 1.61 bits per heavy atom. The number of carbonyl (C=O) groups excluding carboxylic acids is 2. The van der Waals surface area contributed by atoms with Crippen molar-refractivity contribution in [2.24, 2.45) is 0 Å². The molecular formula is C23H23N3O5S2. The molecule has 0 spiro atoms. The Hall–Kier alpha value is -3.05. The first-order valence-corrected chi connectivity index (χ1v) is 12.6. The lowest BCUT2D eigenvalue weighted by Crippen LogP contribution is -2.40. The van der Waals surface area contributed by atoms with Crippen LogP contribution in [0.1, 0.15) is 25.6 Å². The molecule has 2 N–H and O–H groups in total. The molecule has 1 aliphatic rings. The summed E-state index contributed by atoms with van der Waals surface area (Å²) in [4.78, 5) is 26.0. The molecule has 33 heavy (non-hydrogen) atoms. The number of para-hydroxylation sites is 1. The first-order chi connectivity index (χ1) is 15.9. The lowest BCUT2D eigenvalue weighted by Gasteiger charge is -2.25. The fraction of sp³-hybridized carbons (Fsp3) is 0.217. The van der Waals surface area contributed by atoms with Crippen LogP contribution in [-0.2, 0) is 21.3 Å². The summed E-state index contributed by atoms with van der Waals surface area (Å²) in [7, 11) is -3.57. The van der Waals surface area contributed by atoms with Crippen LogP contribution >= 0.6 is 11.3 Å². The van der Waals surface area contributed by atoms with Crippen LogP contribution in [0.5, 0.6) is 0 Å². The Kier molecular flexibility index (Phi) is 7.19. The minimum absolute atomic E-state index is 0.170. The van der Waals surface area contributed by atoms with E-state index in [0.29, 0.717) is 48.0 Å². The summed E-state index contributed by atoms with van der Waals surface area (Å²) in [6, 6.07) is 18.7. The van der Waals surface area contributed by atoms with E-state index in [1.54, 1.807) is 60.7 Å². The van der Waals surface area contributed by atoms with Crippen LogP contribution < -0.4 is 10.6 Å². The van der Waals surface area contributed by atoms with E-state index in [1.165, 1.54) is 4.31 Å². The molecule has 10 heteroatoms. The summed E-state index contributed by atoms with van der Waals surface area (Å²) < 4.78 is 32.4.